The van der Waals surface area contributed by atoms with Gasteiger partial charge in [0.05, 0.1) is 5.56 Å². The number of ether oxygens (including phenoxy) is 1. The molecular formula is C28H19ClN2O4. The summed E-state index contributed by atoms with van der Waals surface area (Å²) in [6.45, 7) is 0.211. The van der Waals surface area contributed by atoms with Crippen LogP contribution in [0.2, 0.25) is 5.02 Å². The Morgan fingerprint density at radius 3 is 2.40 bits per heavy atom. The number of anilines is 1. The van der Waals surface area contributed by atoms with E-state index in [9.17, 15) is 14.9 Å². The predicted molar refractivity (Wildman–Crippen MR) is 135 cm³/mol. The molecule has 35 heavy (non-hydrogen) atoms. The van der Waals surface area contributed by atoms with Crippen molar-refractivity contribution in [1.29, 1.82) is 5.26 Å². The number of nitrogens with one attached hydrogen (secondary N) is 1. The van der Waals surface area contributed by atoms with Crippen molar-refractivity contribution >= 4 is 46.0 Å². The molecule has 4 rings (SSSR count). The molecule has 4 aromatic rings. The first-order chi connectivity index (χ1) is 17.0. The molecule has 7 heteroatoms. The van der Waals surface area contributed by atoms with E-state index in [1.165, 1.54) is 30.3 Å². The van der Waals surface area contributed by atoms with Crippen molar-refractivity contribution in [2.24, 2.45) is 0 Å². The van der Waals surface area contributed by atoms with Crippen LogP contribution in [-0.4, -0.2) is 17.0 Å². The van der Waals surface area contributed by atoms with Gasteiger partial charge in [-0.05, 0) is 53.2 Å². The van der Waals surface area contributed by atoms with E-state index in [-0.39, 0.29) is 17.7 Å². The number of carboxylic acid groups (broad SMARTS) is 1. The number of halogens is 1. The van der Waals surface area contributed by atoms with E-state index in [0.717, 1.165) is 16.3 Å². The van der Waals surface area contributed by atoms with Gasteiger partial charge in [0.15, 0.2) is 0 Å². The summed E-state index contributed by atoms with van der Waals surface area (Å²) < 4.78 is 6.07. The summed E-state index contributed by atoms with van der Waals surface area (Å²) in [6, 6.07) is 26.3. The third-order valence-corrected chi connectivity index (χ3v) is 5.68. The SMILES string of the molecule is N#C/C(=C\c1c(OCc2ccccc2Cl)ccc2ccccc12)C(=O)Nc1ccc(C(=O)O)cc1. The zero-order chi connectivity index (χ0) is 24.8. The molecule has 0 saturated carbocycles. The van der Waals surface area contributed by atoms with Gasteiger partial charge in [0.25, 0.3) is 5.91 Å². The van der Waals surface area contributed by atoms with E-state index in [4.69, 9.17) is 21.4 Å². The molecule has 0 bridgehead atoms. The fourth-order valence-corrected chi connectivity index (χ4v) is 3.70. The Kier molecular flexibility index (Phi) is 7.10. The van der Waals surface area contributed by atoms with Gasteiger partial charge < -0.3 is 15.2 Å². The zero-order valence-electron chi connectivity index (χ0n) is 18.4. The van der Waals surface area contributed by atoms with E-state index < -0.39 is 11.9 Å². The molecule has 0 saturated heterocycles. The van der Waals surface area contributed by atoms with E-state index in [0.29, 0.717) is 22.0 Å². The molecular weight excluding hydrogens is 464 g/mol. The molecule has 0 spiro atoms. The van der Waals surface area contributed by atoms with Crippen molar-refractivity contribution in [2.75, 3.05) is 5.32 Å². The zero-order valence-corrected chi connectivity index (χ0v) is 19.1. The summed E-state index contributed by atoms with van der Waals surface area (Å²) in [5, 5.41) is 23.7. The molecule has 2 N–H and O–H groups in total. The molecule has 0 atom stereocenters. The Labute approximate surface area is 206 Å². The maximum atomic E-state index is 12.9. The lowest BCUT2D eigenvalue weighted by Crippen LogP contribution is -2.13. The van der Waals surface area contributed by atoms with Crippen molar-refractivity contribution in [2.45, 2.75) is 6.61 Å². The molecule has 172 valence electrons. The van der Waals surface area contributed by atoms with E-state index >= 15 is 0 Å². The summed E-state index contributed by atoms with van der Waals surface area (Å²) in [6.07, 6.45) is 1.49. The van der Waals surface area contributed by atoms with Crippen LogP contribution in [0, 0.1) is 11.3 Å². The lowest BCUT2D eigenvalue weighted by Gasteiger charge is -2.13. The highest BCUT2D eigenvalue weighted by Crippen LogP contribution is 2.31. The maximum Gasteiger partial charge on any atom is 0.335 e. The number of rotatable bonds is 7. The van der Waals surface area contributed by atoms with Gasteiger partial charge in [-0.3, -0.25) is 4.79 Å². The summed E-state index contributed by atoms with van der Waals surface area (Å²) in [4.78, 5) is 23.9. The summed E-state index contributed by atoms with van der Waals surface area (Å²) in [7, 11) is 0. The van der Waals surface area contributed by atoms with Gasteiger partial charge >= 0.3 is 5.97 Å². The van der Waals surface area contributed by atoms with Gasteiger partial charge in [0, 0.05) is 21.8 Å². The van der Waals surface area contributed by atoms with Gasteiger partial charge in [0.1, 0.15) is 24.0 Å². The molecule has 0 aliphatic heterocycles. The number of benzene rings is 4. The monoisotopic (exact) mass is 482 g/mol. The van der Waals surface area contributed by atoms with Crippen LogP contribution in [-0.2, 0) is 11.4 Å². The highest BCUT2D eigenvalue weighted by molar-refractivity contribution is 6.31. The fraction of sp³-hybridized carbons (Fsp3) is 0.0357. The number of amides is 1. The standard InChI is InChI=1S/C28H19ClN2O4/c29-25-8-4-2-6-20(25)17-35-26-14-11-18-5-1-3-7-23(18)24(26)15-21(16-30)27(32)31-22-12-9-19(10-13-22)28(33)34/h1-15H,17H2,(H,31,32)(H,33,34)/b21-15+. The average molecular weight is 483 g/mol. The molecule has 0 unspecified atom stereocenters. The normalized spacial score (nSPS) is 11.0. The van der Waals surface area contributed by atoms with Gasteiger partial charge in [0.2, 0.25) is 0 Å². The van der Waals surface area contributed by atoms with Crippen LogP contribution in [0.25, 0.3) is 16.8 Å². The summed E-state index contributed by atoms with van der Waals surface area (Å²) >= 11 is 6.26. The van der Waals surface area contributed by atoms with Gasteiger partial charge in [-0.15, -0.1) is 0 Å². The fourth-order valence-electron chi connectivity index (χ4n) is 3.51. The predicted octanol–water partition coefficient (Wildman–Crippen LogP) is 6.32. The van der Waals surface area contributed by atoms with Crippen molar-refractivity contribution in [3.63, 3.8) is 0 Å². The Morgan fingerprint density at radius 2 is 1.69 bits per heavy atom. The van der Waals surface area contributed by atoms with Crippen LogP contribution < -0.4 is 10.1 Å². The van der Waals surface area contributed by atoms with Gasteiger partial charge in [-0.2, -0.15) is 5.26 Å². The second-order valence-electron chi connectivity index (χ2n) is 7.59. The number of fused-ring (bicyclic) bond motifs is 1. The quantitative estimate of drug-likeness (QED) is 0.237. The smallest absolute Gasteiger partial charge is 0.335 e. The van der Waals surface area contributed by atoms with Crippen molar-refractivity contribution in [3.8, 4) is 11.8 Å². The highest BCUT2D eigenvalue weighted by atomic mass is 35.5. The summed E-state index contributed by atoms with van der Waals surface area (Å²) in [5.74, 6) is -1.20. The van der Waals surface area contributed by atoms with Crippen LogP contribution in [0.15, 0.2) is 90.5 Å². The average Bonchev–Trinajstić information content (AvgIpc) is 2.87. The summed E-state index contributed by atoms with van der Waals surface area (Å²) in [5.41, 5.74) is 1.72. The first-order valence-electron chi connectivity index (χ1n) is 10.6. The van der Waals surface area contributed by atoms with Crippen LogP contribution >= 0.6 is 11.6 Å². The molecule has 0 aliphatic carbocycles. The second kappa shape index (κ2) is 10.6. The van der Waals surface area contributed by atoms with Gasteiger partial charge in [-0.25, -0.2) is 4.79 Å². The number of nitriles is 1. The molecule has 4 aromatic carbocycles. The number of hydrogen-bond donors (Lipinski definition) is 2. The molecule has 1 amide bonds. The van der Waals surface area contributed by atoms with Crippen LogP contribution in [0.1, 0.15) is 21.5 Å². The first-order valence-corrected chi connectivity index (χ1v) is 11.0. The molecule has 6 nitrogen and oxygen atoms in total. The number of carbonyl (C=O) groups excluding carboxylic acids is 1. The highest BCUT2D eigenvalue weighted by Gasteiger charge is 2.15. The number of nitrogens with zero attached hydrogens (tertiary/aromatic N) is 1. The molecule has 0 aromatic heterocycles. The molecule has 0 fully saturated rings. The van der Waals surface area contributed by atoms with E-state index in [2.05, 4.69) is 5.32 Å². The second-order valence-corrected chi connectivity index (χ2v) is 7.99. The lowest BCUT2D eigenvalue weighted by atomic mass is 10.0. The Morgan fingerprint density at radius 1 is 0.971 bits per heavy atom. The van der Waals surface area contributed by atoms with Crippen molar-refractivity contribution in [3.05, 3.63) is 112 Å². The van der Waals surface area contributed by atoms with Crippen molar-refractivity contribution in [1.82, 2.24) is 0 Å². The number of hydrogen-bond acceptors (Lipinski definition) is 4. The Hall–Kier alpha value is -4.60. The van der Waals surface area contributed by atoms with Crippen LogP contribution in [0.3, 0.4) is 0 Å². The molecule has 0 aliphatic rings. The largest absolute Gasteiger partial charge is 0.488 e. The van der Waals surface area contributed by atoms with E-state index in [1.807, 2.05) is 54.6 Å². The minimum absolute atomic E-state index is 0.0927. The van der Waals surface area contributed by atoms with Crippen LogP contribution in [0.5, 0.6) is 5.75 Å². The third-order valence-electron chi connectivity index (χ3n) is 5.32. The van der Waals surface area contributed by atoms with Crippen molar-refractivity contribution < 1.29 is 19.4 Å². The third kappa shape index (κ3) is 5.49. The minimum atomic E-state index is -1.07. The molecule has 0 radical (unpaired) electrons. The van der Waals surface area contributed by atoms with Crippen LogP contribution in [0.4, 0.5) is 5.69 Å². The number of aromatic carboxylic acids is 1. The maximum absolute atomic E-state index is 12.9. The minimum Gasteiger partial charge on any atom is -0.488 e. The Balaban J connectivity index is 1.67. The number of carboxylic acids is 1. The topological polar surface area (TPSA) is 99.4 Å². The lowest BCUT2D eigenvalue weighted by molar-refractivity contribution is -0.112. The van der Waals surface area contributed by atoms with Gasteiger partial charge in [-0.1, -0.05) is 60.1 Å². The first kappa shape index (κ1) is 23.6. The number of carbonyl (C=O) groups is 2. The Bertz CT molecular complexity index is 1490. The van der Waals surface area contributed by atoms with E-state index in [1.54, 1.807) is 12.1 Å². The molecule has 0 heterocycles.